The molecular formula is C10H12ClN3O2. The van der Waals surface area contributed by atoms with Gasteiger partial charge in [-0.1, -0.05) is 0 Å². The van der Waals surface area contributed by atoms with Crippen molar-refractivity contribution in [2.24, 2.45) is 0 Å². The Labute approximate surface area is 97.0 Å². The number of aromatic nitrogens is 3. The van der Waals surface area contributed by atoms with Crippen LogP contribution in [0.1, 0.15) is 12.0 Å². The number of rotatable bonds is 4. The molecule has 2 rings (SSSR count). The highest BCUT2D eigenvalue weighted by Crippen LogP contribution is 2.21. The van der Waals surface area contributed by atoms with Crippen LogP contribution in [0.3, 0.4) is 0 Å². The lowest BCUT2D eigenvalue weighted by Crippen LogP contribution is -2.10. The zero-order valence-corrected chi connectivity index (χ0v) is 9.62. The van der Waals surface area contributed by atoms with E-state index >= 15 is 0 Å². The van der Waals surface area contributed by atoms with Gasteiger partial charge in [0.05, 0.1) is 12.8 Å². The van der Waals surface area contributed by atoms with Crippen LogP contribution in [0, 0.1) is 6.92 Å². The van der Waals surface area contributed by atoms with E-state index in [0.717, 1.165) is 12.0 Å². The van der Waals surface area contributed by atoms with Gasteiger partial charge in [-0.25, -0.2) is 4.52 Å². The maximum Gasteiger partial charge on any atom is 0.275 e. The van der Waals surface area contributed by atoms with Gasteiger partial charge < -0.3 is 9.72 Å². The lowest BCUT2D eigenvalue weighted by atomic mass is 10.3. The first-order valence-electron chi connectivity index (χ1n) is 4.98. The third kappa shape index (κ3) is 1.90. The van der Waals surface area contributed by atoms with Crippen molar-refractivity contribution in [3.63, 3.8) is 0 Å². The molecule has 5 nitrogen and oxygen atoms in total. The number of aryl methyl sites for hydroxylation is 1. The molecule has 0 aromatic carbocycles. The van der Waals surface area contributed by atoms with Gasteiger partial charge in [0, 0.05) is 11.4 Å². The molecule has 0 aliphatic heterocycles. The van der Waals surface area contributed by atoms with Crippen LogP contribution >= 0.6 is 11.6 Å². The third-order valence-corrected chi connectivity index (χ3v) is 2.59. The minimum absolute atomic E-state index is 0.167. The fourth-order valence-corrected chi connectivity index (χ4v) is 1.64. The molecule has 0 radical (unpaired) electrons. The summed E-state index contributed by atoms with van der Waals surface area (Å²) in [5.41, 5.74) is 1.15. The summed E-state index contributed by atoms with van der Waals surface area (Å²) in [6.07, 6.45) is 3.84. The summed E-state index contributed by atoms with van der Waals surface area (Å²) < 4.78 is 7.04. The van der Waals surface area contributed by atoms with Crippen LogP contribution in [0.4, 0.5) is 0 Å². The minimum Gasteiger partial charge on any atom is -0.492 e. The van der Waals surface area contributed by atoms with E-state index in [-0.39, 0.29) is 5.56 Å². The number of ether oxygens (including phenoxy) is 1. The summed E-state index contributed by atoms with van der Waals surface area (Å²) in [6, 6.07) is 0. The third-order valence-electron chi connectivity index (χ3n) is 2.32. The van der Waals surface area contributed by atoms with Gasteiger partial charge in [0.15, 0.2) is 0 Å². The second kappa shape index (κ2) is 4.57. The maximum atomic E-state index is 11.5. The summed E-state index contributed by atoms with van der Waals surface area (Å²) in [7, 11) is 0. The Hall–Kier alpha value is -1.49. The van der Waals surface area contributed by atoms with Crippen LogP contribution in [0.25, 0.3) is 5.52 Å². The van der Waals surface area contributed by atoms with Crippen molar-refractivity contribution in [2.45, 2.75) is 13.3 Å². The van der Waals surface area contributed by atoms with Crippen LogP contribution in [-0.4, -0.2) is 27.1 Å². The zero-order valence-electron chi connectivity index (χ0n) is 8.86. The molecule has 0 spiro atoms. The van der Waals surface area contributed by atoms with Gasteiger partial charge in [0.2, 0.25) is 0 Å². The lowest BCUT2D eigenvalue weighted by molar-refractivity contribution is 0.316. The quantitative estimate of drug-likeness (QED) is 0.649. The fourth-order valence-electron chi connectivity index (χ4n) is 1.53. The molecule has 0 saturated carbocycles. The monoisotopic (exact) mass is 241 g/mol. The summed E-state index contributed by atoms with van der Waals surface area (Å²) in [4.78, 5) is 14.1. The largest absolute Gasteiger partial charge is 0.492 e. The smallest absolute Gasteiger partial charge is 0.275 e. The zero-order chi connectivity index (χ0) is 11.5. The van der Waals surface area contributed by atoms with E-state index in [0.29, 0.717) is 23.8 Å². The summed E-state index contributed by atoms with van der Waals surface area (Å²) in [5.74, 6) is 1.24. The van der Waals surface area contributed by atoms with Crippen molar-refractivity contribution in [1.29, 1.82) is 0 Å². The Morgan fingerprint density at radius 1 is 1.62 bits per heavy atom. The first-order chi connectivity index (χ1) is 7.74. The van der Waals surface area contributed by atoms with E-state index in [1.165, 1.54) is 10.8 Å². The van der Waals surface area contributed by atoms with E-state index in [1.54, 1.807) is 6.20 Å². The SMILES string of the molecule is Cc1c(OCCCCl)cn2nc[nH]c(=O)c12. The Kier molecular flexibility index (Phi) is 3.14. The highest BCUT2D eigenvalue weighted by molar-refractivity contribution is 6.17. The standard InChI is InChI=1S/C10H12ClN3O2/c1-7-8(16-4-2-3-11)5-14-9(7)10(15)12-6-13-14/h5-6H,2-4H2,1H3,(H,12,13,15). The van der Waals surface area contributed by atoms with Crippen molar-refractivity contribution in [3.05, 3.63) is 28.4 Å². The Morgan fingerprint density at radius 3 is 3.12 bits per heavy atom. The number of nitrogens with one attached hydrogen (secondary N) is 1. The molecule has 16 heavy (non-hydrogen) atoms. The van der Waals surface area contributed by atoms with Gasteiger partial charge in [-0.2, -0.15) is 5.10 Å². The fraction of sp³-hybridized carbons (Fsp3) is 0.400. The number of aromatic amines is 1. The van der Waals surface area contributed by atoms with Gasteiger partial charge in [-0.3, -0.25) is 4.79 Å². The summed E-state index contributed by atoms with van der Waals surface area (Å²) in [6.45, 7) is 2.38. The van der Waals surface area contributed by atoms with E-state index in [9.17, 15) is 4.79 Å². The molecule has 0 atom stereocenters. The van der Waals surface area contributed by atoms with Gasteiger partial charge in [0.1, 0.15) is 17.6 Å². The molecule has 2 aromatic heterocycles. The number of hydrogen-bond donors (Lipinski definition) is 1. The topological polar surface area (TPSA) is 59.4 Å². The first-order valence-corrected chi connectivity index (χ1v) is 5.52. The van der Waals surface area contributed by atoms with Crippen molar-refractivity contribution in [3.8, 4) is 5.75 Å². The molecule has 6 heteroatoms. The molecular weight excluding hydrogens is 230 g/mol. The van der Waals surface area contributed by atoms with Crippen molar-refractivity contribution in [1.82, 2.24) is 14.6 Å². The number of halogens is 1. The van der Waals surface area contributed by atoms with Crippen molar-refractivity contribution < 1.29 is 4.74 Å². The van der Waals surface area contributed by atoms with E-state index in [2.05, 4.69) is 10.1 Å². The highest BCUT2D eigenvalue weighted by atomic mass is 35.5. The predicted molar refractivity (Wildman–Crippen MR) is 61.4 cm³/mol. The second-order valence-corrected chi connectivity index (χ2v) is 3.80. The van der Waals surface area contributed by atoms with Crippen LogP contribution in [-0.2, 0) is 0 Å². The Balaban J connectivity index is 2.37. The lowest BCUT2D eigenvalue weighted by Gasteiger charge is -2.02. The van der Waals surface area contributed by atoms with Crippen LogP contribution < -0.4 is 10.3 Å². The number of alkyl halides is 1. The van der Waals surface area contributed by atoms with Crippen LogP contribution in [0.5, 0.6) is 5.75 Å². The molecule has 0 fully saturated rings. The Bertz CT molecular complexity index is 546. The molecule has 2 aromatic rings. The second-order valence-electron chi connectivity index (χ2n) is 3.42. The average molecular weight is 242 g/mol. The molecule has 2 heterocycles. The minimum atomic E-state index is -0.167. The molecule has 86 valence electrons. The average Bonchev–Trinajstić information content (AvgIpc) is 2.58. The van der Waals surface area contributed by atoms with E-state index < -0.39 is 0 Å². The molecule has 0 aliphatic rings. The van der Waals surface area contributed by atoms with Gasteiger partial charge >= 0.3 is 0 Å². The van der Waals surface area contributed by atoms with Crippen molar-refractivity contribution in [2.75, 3.05) is 12.5 Å². The summed E-state index contributed by atoms with van der Waals surface area (Å²) >= 11 is 5.56. The van der Waals surface area contributed by atoms with Crippen LogP contribution in [0.2, 0.25) is 0 Å². The normalized spacial score (nSPS) is 10.9. The molecule has 0 saturated heterocycles. The first kappa shape index (κ1) is 11.0. The number of hydrogen-bond acceptors (Lipinski definition) is 3. The van der Waals surface area contributed by atoms with Gasteiger partial charge in [-0.05, 0) is 13.3 Å². The number of fused-ring (bicyclic) bond motifs is 1. The number of H-pyrrole nitrogens is 1. The summed E-state index contributed by atoms with van der Waals surface area (Å²) in [5, 5.41) is 4.01. The highest BCUT2D eigenvalue weighted by Gasteiger charge is 2.11. The molecule has 0 aliphatic carbocycles. The number of nitrogens with zero attached hydrogens (tertiary/aromatic N) is 2. The van der Waals surface area contributed by atoms with Gasteiger partial charge in [0.25, 0.3) is 5.56 Å². The van der Waals surface area contributed by atoms with Crippen molar-refractivity contribution >= 4 is 17.1 Å². The molecule has 0 unspecified atom stereocenters. The maximum absolute atomic E-state index is 11.5. The molecule has 0 bridgehead atoms. The van der Waals surface area contributed by atoms with Gasteiger partial charge in [-0.15, -0.1) is 11.6 Å². The molecule has 1 N–H and O–H groups in total. The van der Waals surface area contributed by atoms with E-state index in [4.69, 9.17) is 16.3 Å². The van der Waals surface area contributed by atoms with Crippen LogP contribution in [0.15, 0.2) is 17.3 Å². The molecule has 0 amide bonds. The Morgan fingerprint density at radius 2 is 2.44 bits per heavy atom. The predicted octanol–water partition coefficient (Wildman–Crippen LogP) is 1.34. The van der Waals surface area contributed by atoms with E-state index in [1.807, 2.05) is 6.92 Å².